The van der Waals surface area contributed by atoms with Gasteiger partial charge in [-0.3, -0.25) is 4.99 Å². The highest BCUT2D eigenvalue weighted by molar-refractivity contribution is 5.77. The molecular weight excluding hydrogens is 408 g/mol. The van der Waals surface area contributed by atoms with Crippen LogP contribution in [0.1, 0.15) is 45.7 Å². The summed E-state index contributed by atoms with van der Waals surface area (Å²) in [7, 11) is 1.73. The van der Waals surface area contributed by atoms with Gasteiger partial charge in [-0.25, -0.2) is 8.78 Å². The van der Waals surface area contributed by atoms with Crippen LogP contribution in [0.2, 0.25) is 0 Å². The van der Waals surface area contributed by atoms with Crippen molar-refractivity contribution >= 4 is 6.21 Å². The first-order chi connectivity index (χ1) is 15.4. The molecule has 2 aromatic carbocycles. The van der Waals surface area contributed by atoms with Crippen LogP contribution in [0.4, 0.5) is 8.78 Å². The first kappa shape index (κ1) is 29.4. The molecule has 0 fully saturated rings. The number of aliphatic hydroxyl groups excluding tert-OH is 1. The van der Waals surface area contributed by atoms with Gasteiger partial charge in [-0.2, -0.15) is 0 Å². The second-order valence-corrected chi connectivity index (χ2v) is 6.88. The maximum Gasteiger partial charge on any atom is 0.126 e. The number of aliphatic imine (C=N–C) groups is 1. The topological polar surface area (TPSA) is 56.7 Å². The van der Waals surface area contributed by atoms with Crippen LogP contribution in [0.25, 0.3) is 0 Å². The molecule has 32 heavy (non-hydrogen) atoms. The number of benzene rings is 2. The van der Waals surface area contributed by atoms with Gasteiger partial charge < -0.3 is 15.7 Å². The lowest BCUT2D eigenvalue weighted by Crippen LogP contribution is -2.42. The van der Waals surface area contributed by atoms with Gasteiger partial charge in [-0.1, -0.05) is 57.2 Å². The zero-order chi connectivity index (χ0) is 24.4. The summed E-state index contributed by atoms with van der Waals surface area (Å²) in [4.78, 5) is 3.98. The van der Waals surface area contributed by atoms with E-state index in [9.17, 15) is 13.9 Å². The number of hydrogen-bond acceptors (Lipinski definition) is 4. The van der Waals surface area contributed by atoms with Gasteiger partial charge in [0.05, 0.1) is 12.1 Å². The number of aryl methyl sites for hydroxylation is 1. The third kappa shape index (κ3) is 13.0. The first-order valence-electron chi connectivity index (χ1n) is 11.1. The number of hydrogen-bond donors (Lipinski definition) is 3. The van der Waals surface area contributed by atoms with Gasteiger partial charge in [-0.15, -0.1) is 0 Å². The van der Waals surface area contributed by atoms with Crippen LogP contribution >= 0.6 is 0 Å². The summed E-state index contributed by atoms with van der Waals surface area (Å²) in [6, 6.07) is 13.0. The Morgan fingerprint density at radius 3 is 2.16 bits per heavy atom. The lowest BCUT2D eigenvalue weighted by Gasteiger charge is -2.22. The number of nitrogens with one attached hydrogen (secondary N) is 2. The van der Waals surface area contributed by atoms with Crippen molar-refractivity contribution in [2.75, 3.05) is 13.6 Å². The molecule has 0 saturated heterocycles. The second kappa shape index (κ2) is 18.0. The van der Waals surface area contributed by atoms with Crippen molar-refractivity contribution in [3.8, 4) is 0 Å². The largest absolute Gasteiger partial charge is 0.390 e. The standard InChI is InChI=1S/C18H29N3O.C6H4F2.C2H6/c1-5-15-8-7-9-16(10-15)11-20-13-18(22)14(3)21-17(6-2)12-19-4;7-5-2-1-3-6(8)4-5;1-2/h6-10,12,14,18,20-22H,5,11,13H2,1-4H3;1-4H;1-2H3/b17-6+,19-12?;;. The van der Waals surface area contributed by atoms with E-state index in [1.54, 1.807) is 13.3 Å². The van der Waals surface area contributed by atoms with Crippen LogP contribution in [0.5, 0.6) is 0 Å². The van der Waals surface area contributed by atoms with Crippen LogP contribution in [-0.4, -0.2) is 37.1 Å². The lowest BCUT2D eigenvalue weighted by atomic mass is 10.1. The van der Waals surface area contributed by atoms with E-state index in [-0.39, 0.29) is 6.04 Å². The summed E-state index contributed by atoms with van der Waals surface area (Å²) < 4.78 is 23.9. The third-order valence-electron chi connectivity index (χ3n) is 4.42. The van der Waals surface area contributed by atoms with Gasteiger partial charge in [0.1, 0.15) is 11.6 Å². The van der Waals surface area contributed by atoms with Crippen LogP contribution in [-0.2, 0) is 13.0 Å². The summed E-state index contributed by atoms with van der Waals surface area (Å²) in [5, 5.41) is 16.8. The molecule has 2 atom stereocenters. The number of aliphatic hydroxyl groups is 1. The zero-order valence-corrected chi connectivity index (χ0v) is 20.2. The quantitative estimate of drug-likeness (QED) is 0.459. The fraction of sp³-hybridized carbons (Fsp3) is 0.423. The highest BCUT2D eigenvalue weighted by atomic mass is 19.1. The molecule has 0 saturated carbocycles. The maximum absolute atomic E-state index is 11.9. The van der Waals surface area contributed by atoms with E-state index in [4.69, 9.17) is 0 Å². The van der Waals surface area contributed by atoms with Crippen LogP contribution < -0.4 is 10.6 Å². The van der Waals surface area contributed by atoms with Crippen molar-refractivity contribution in [1.29, 1.82) is 0 Å². The van der Waals surface area contributed by atoms with Gasteiger partial charge in [0.25, 0.3) is 0 Å². The Balaban J connectivity index is 0.000000796. The Bertz CT molecular complexity index is 792. The van der Waals surface area contributed by atoms with E-state index in [0.717, 1.165) is 24.7 Å². The van der Waals surface area contributed by atoms with Crippen molar-refractivity contribution in [1.82, 2.24) is 10.6 Å². The molecule has 2 unspecified atom stereocenters. The number of halogens is 2. The molecule has 0 amide bonds. The number of rotatable bonds is 9. The smallest absolute Gasteiger partial charge is 0.126 e. The van der Waals surface area contributed by atoms with Crippen LogP contribution in [0, 0.1) is 11.6 Å². The lowest BCUT2D eigenvalue weighted by molar-refractivity contribution is 0.137. The first-order valence-corrected chi connectivity index (χ1v) is 11.1. The van der Waals surface area contributed by atoms with E-state index >= 15 is 0 Å². The predicted octanol–water partition coefficient (Wildman–Crippen LogP) is 5.27. The summed E-state index contributed by atoms with van der Waals surface area (Å²) in [6.45, 7) is 11.4. The SMILES string of the molecule is C/C=C(\C=NC)NC(C)C(O)CNCc1cccc(CC)c1.CC.Fc1cccc(F)c1. The Hall–Kier alpha value is -2.57. The molecule has 0 heterocycles. The summed E-state index contributed by atoms with van der Waals surface area (Å²) in [5.41, 5.74) is 3.51. The van der Waals surface area contributed by atoms with E-state index in [1.807, 2.05) is 33.8 Å². The fourth-order valence-corrected chi connectivity index (χ4v) is 2.65. The minimum absolute atomic E-state index is 0.0429. The molecule has 0 radical (unpaired) electrons. The van der Waals surface area contributed by atoms with Crippen molar-refractivity contribution in [3.05, 3.63) is 83.1 Å². The molecular formula is C26H39F2N3O. The molecule has 6 heteroatoms. The fourth-order valence-electron chi connectivity index (χ4n) is 2.65. The minimum Gasteiger partial charge on any atom is -0.390 e. The summed E-state index contributed by atoms with van der Waals surface area (Å²) in [5.74, 6) is -1.07. The molecule has 0 bridgehead atoms. The highest BCUT2D eigenvalue weighted by Crippen LogP contribution is 2.06. The average Bonchev–Trinajstić information content (AvgIpc) is 2.80. The van der Waals surface area contributed by atoms with Crippen molar-refractivity contribution < 1.29 is 13.9 Å². The molecule has 0 aromatic heterocycles. The highest BCUT2D eigenvalue weighted by Gasteiger charge is 2.13. The molecule has 178 valence electrons. The molecule has 0 spiro atoms. The summed E-state index contributed by atoms with van der Waals surface area (Å²) >= 11 is 0. The van der Waals surface area contributed by atoms with Crippen molar-refractivity contribution in [2.45, 2.75) is 59.7 Å². The van der Waals surface area contributed by atoms with Crippen LogP contribution in [0.3, 0.4) is 0 Å². The van der Waals surface area contributed by atoms with E-state index in [1.165, 1.54) is 29.3 Å². The van der Waals surface area contributed by atoms with Crippen LogP contribution in [0.15, 0.2) is 65.3 Å². The van der Waals surface area contributed by atoms with Crippen molar-refractivity contribution in [2.24, 2.45) is 4.99 Å². The van der Waals surface area contributed by atoms with E-state index in [2.05, 4.69) is 46.8 Å². The number of nitrogens with zero attached hydrogens (tertiary/aromatic N) is 1. The zero-order valence-electron chi connectivity index (χ0n) is 20.2. The Morgan fingerprint density at radius 2 is 1.66 bits per heavy atom. The van der Waals surface area contributed by atoms with E-state index < -0.39 is 17.7 Å². The number of allylic oxidation sites excluding steroid dienone is 2. The van der Waals surface area contributed by atoms with Gasteiger partial charge in [0.15, 0.2) is 0 Å². The molecule has 3 N–H and O–H groups in total. The molecule has 0 aliphatic carbocycles. The second-order valence-electron chi connectivity index (χ2n) is 6.88. The Morgan fingerprint density at radius 1 is 1.06 bits per heavy atom. The Kier molecular flexibility index (Phi) is 16.6. The predicted molar refractivity (Wildman–Crippen MR) is 132 cm³/mol. The molecule has 4 nitrogen and oxygen atoms in total. The maximum atomic E-state index is 11.9. The molecule has 2 rings (SSSR count). The summed E-state index contributed by atoms with van der Waals surface area (Å²) in [6.07, 6.45) is 4.28. The van der Waals surface area contributed by atoms with Gasteiger partial charge in [0, 0.05) is 38.1 Å². The van der Waals surface area contributed by atoms with Gasteiger partial charge >= 0.3 is 0 Å². The van der Waals surface area contributed by atoms with Gasteiger partial charge in [-0.05, 0) is 43.5 Å². The Labute approximate surface area is 192 Å². The normalized spacial score (nSPS) is 12.8. The van der Waals surface area contributed by atoms with Crippen molar-refractivity contribution in [3.63, 3.8) is 0 Å². The molecule has 0 aliphatic heterocycles. The molecule has 0 aliphatic rings. The van der Waals surface area contributed by atoms with Gasteiger partial charge in [0.2, 0.25) is 0 Å². The molecule has 2 aromatic rings. The third-order valence-corrected chi connectivity index (χ3v) is 4.42. The minimum atomic E-state index is -0.537. The van der Waals surface area contributed by atoms with E-state index in [0.29, 0.717) is 6.54 Å². The monoisotopic (exact) mass is 447 g/mol. The average molecular weight is 448 g/mol.